The third-order valence-electron chi connectivity index (χ3n) is 4.84. The van der Waals surface area contributed by atoms with Gasteiger partial charge in [-0.2, -0.15) is 0 Å². The lowest BCUT2D eigenvalue weighted by Gasteiger charge is -2.42. The molecule has 0 aliphatic heterocycles. The number of H-pyrrole nitrogens is 2. The molecule has 1 aliphatic carbocycles. The molecule has 0 atom stereocenters. The average molecular weight is 375 g/mol. The predicted octanol–water partition coefficient (Wildman–Crippen LogP) is -0.413. The highest BCUT2D eigenvalue weighted by atomic mass is 16.4. The predicted molar refractivity (Wildman–Crippen MR) is 96.9 cm³/mol. The molecule has 0 spiro atoms. The van der Waals surface area contributed by atoms with E-state index in [1.54, 1.807) is 6.92 Å². The van der Waals surface area contributed by atoms with Crippen molar-refractivity contribution in [3.8, 4) is 0 Å². The summed E-state index contributed by atoms with van der Waals surface area (Å²) in [5, 5.41) is 12.0. The van der Waals surface area contributed by atoms with E-state index in [1.165, 1.54) is 6.07 Å². The zero-order chi connectivity index (χ0) is 19.7. The fraction of sp³-hybridized carbons (Fsp3) is 0.471. The zero-order valence-corrected chi connectivity index (χ0v) is 15.0. The van der Waals surface area contributed by atoms with Crippen LogP contribution < -0.4 is 16.6 Å². The van der Waals surface area contributed by atoms with Crippen molar-refractivity contribution in [1.29, 1.82) is 0 Å². The van der Waals surface area contributed by atoms with Gasteiger partial charge in [-0.15, -0.1) is 0 Å². The first-order valence-corrected chi connectivity index (χ1v) is 8.69. The van der Waals surface area contributed by atoms with Crippen molar-refractivity contribution in [3.05, 3.63) is 38.2 Å². The number of aryl methyl sites for hydroxylation is 1. The Labute approximate surface area is 153 Å². The highest BCUT2D eigenvalue weighted by Crippen LogP contribution is 2.26. The maximum atomic E-state index is 12.5. The van der Waals surface area contributed by atoms with Crippen molar-refractivity contribution in [1.82, 2.24) is 25.2 Å². The van der Waals surface area contributed by atoms with Crippen LogP contribution in [0.25, 0.3) is 11.0 Å². The number of fused-ring (bicyclic) bond motifs is 1. The molecule has 3 rings (SSSR count). The largest absolute Gasteiger partial charge is 0.480 e. The number of rotatable bonds is 6. The van der Waals surface area contributed by atoms with Crippen LogP contribution in [0.15, 0.2) is 15.7 Å². The number of pyridine rings is 1. The summed E-state index contributed by atoms with van der Waals surface area (Å²) < 4.78 is 0. The van der Waals surface area contributed by atoms with E-state index in [0.29, 0.717) is 24.9 Å². The number of likely N-dealkylation sites (N-methyl/N-ethyl adjacent to an activating group) is 1. The molecule has 2 heterocycles. The number of aromatic nitrogens is 3. The molecule has 0 aromatic carbocycles. The van der Waals surface area contributed by atoms with Crippen LogP contribution in [-0.4, -0.2) is 62.0 Å². The molecule has 2 aromatic rings. The van der Waals surface area contributed by atoms with Gasteiger partial charge in [0.1, 0.15) is 11.3 Å². The first kappa shape index (κ1) is 18.8. The molecule has 1 amide bonds. The number of nitrogens with zero attached hydrogens (tertiary/aromatic N) is 2. The monoisotopic (exact) mass is 375 g/mol. The van der Waals surface area contributed by atoms with Crippen LogP contribution in [0.3, 0.4) is 0 Å². The number of hydrogen-bond donors (Lipinski definition) is 4. The first-order chi connectivity index (χ1) is 12.8. The average Bonchev–Trinajstić information content (AvgIpc) is 2.54. The number of carboxylic acids is 1. The molecule has 0 radical (unpaired) electrons. The second kappa shape index (κ2) is 7.31. The molecule has 4 N–H and O–H groups in total. The Bertz CT molecular complexity index is 1000. The summed E-state index contributed by atoms with van der Waals surface area (Å²) in [6.07, 6.45) is 1.33. The summed E-state index contributed by atoms with van der Waals surface area (Å²) in [7, 11) is 0. The molecular weight excluding hydrogens is 354 g/mol. The van der Waals surface area contributed by atoms with Gasteiger partial charge >= 0.3 is 11.7 Å². The number of hydrogen-bond acceptors (Lipinski definition) is 6. The van der Waals surface area contributed by atoms with E-state index in [0.717, 1.165) is 0 Å². The molecule has 144 valence electrons. The van der Waals surface area contributed by atoms with Gasteiger partial charge in [0.05, 0.1) is 11.9 Å². The first-order valence-electron chi connectivity index (χ1n) is 8.69. The van der Waals surface area contributed by atoms with E-state index in [4.69, 9.17) is 5.11 Å². The Morgan fingerprint density at radius 1 is 1.33 bits per heavy atom. The Morgan fingerprint density at radius 2 is 2.04 bits per heavy atom. The number of aliphatic carboxylic acids is 1. The summed E-state index contributed by atoms with van der Waals surface area (Å²) in [4.78, 5) is 57.2. The molecule has 10 nitrogen and oxygen atoms in total. The fourth-order valence-electron chi connectivity index (χ4n) is 3.41. The summed E-state index contributed by atoms with van der Waals surface area (Å²) in [6.45, 7) is 4.18. The van der Waals surface area contributed by atoms with E-state index in [-0.39, 0.29) is 35.4 Å². The number of carbonyl (C=O) groups excluding carboxylic acids is 1. The second-order valence-corrected chi connectivity index (χ2v) is 6.71. The Kier molecular flexibility index (Phi) is 5.08. The topological polar surface area (TPSA) is 148 Å². The van der Waals surface area contributed by atoms with Gasteiger partial charge in [0, 0.05) is 12.1 Å². The molecule has 0 bridgehead atoms. The molecule has 27 heavy (non-hydrogen) atoms. The second-order valence-electron chi connectivity index (χ2n) is 6.71. The standard InChI is InChI=1S/C17H21N5O5/c1-3-22(7-12(23)24)10-5-9(6-10)18-15(25)11-4-8(2)13-14(19-11)20-17(27)21-16(13)26/h4,9-10H,3,5-7H2,1-2H3,(H,18,25)(H,23,24)(H2,19,20,21,26,27). The molecule has 2 aromatic heterocycles. The smallest absolute Gasteiger partial charge is 0.327 e. The van der Waals surface area contributed by atoms with Crippen LogP contribution in [0.5, 0.6) is 0 Å². The lowest BCUT2D eigenvalue weighted by atomic mass is 9.85. The normalized spacial score (nSPS) is 19.1. The van der Waals surface area contributed by atoms with Crippen molar-refractivity contribution >= 4 is 22.9 Å². The minimum Gasteiger partial charge on any atom is -0.480 e. The number of amides is 1. The molecule has 1 fully saturated rings. The minimum absolute atomic E-state index is 0.0187. The summed E-state index contributed by atoms with van der Waals surface area (Å²) in [6, 6.07) is 1.56. The molecular formula is C17H21N5O5. The van der Waals surface area contributed by atoms with Gasteiger partial charge < -0.3 is 10.4 Å². The Hall–Kier alpha value is -3.01. The molecule has 1 aliphatic rings. The highest BCUT2D eigenvalue weighted by Gasteiger charge is 2.35. The molecule has 0 unspecified atom stereocenters. The van der Waals surface area contributed by atoms with Gasteiger partial charge in [0.2, 0.25) is 0 Å². The van der Waals surface area contributed by atoms with Gasteiger partial charge in [-0.05, 0) is 37.9 Å². The van der Waals surface area contributed by atoms with E-state index in [2.05, 4.69) is 20.3 Å². The maximum Gasteiger partial charge on any atom is 0.327 e. The van der Waals surface area contributed by atoms with Crippen LogP contribution in [0.2, 0.25) is 0 Å². The zero-order valence-electron chi connectivity index (χ0n) is 15.0. The Morgan fingerprint density at radius 3 is 2.67 bits per heavy atom. The number of nitrogens with one attached hydrogen (secondary N) is 3. The van der Waals surface area contributed by atoms with Crippen LogP contribution in [-0.2, 0) is 4.79 Å². The quantitative estimate of drug-likeness (QED) is 0.536. The minimum atomic E-state index is -0.871. The van der Waals surface area contributed by atoms with Crippen LogP contribution in [0.4, 0.5) is 0 Å². The van der Waals surface area contributed by atoms with Crippen molar-refractivity contribution < 1.29 is 14.7 Å². The lowest BCUT2D eigenvalue weighted by Crippen LogP contribution is -2.54. The summed E-state index contributed by atoms with van der Waals surface area (Å²) >= 11 is 0. The SMILES string of the molecule is CCN(CC(=O)O)C1CC(NC(=O)c2cc(C)c3c(=O)[nH]c(=O)[nH]c3n2)C1. The van der Waals surface area contributed by atoms with Crippen molar-refractivity contribution in [3.63, 3.8) is 0 Å². The summed E-state index contributed by atoms with van der Waals surface area (Å²) in [5.41, 5.74) is -0.517. The molecule has 0 saturated heterocycles. The van der Waals surface area contributed by atoms with E-state index in [1.807, 2.05) is 11.8 Å². The Balaban J connectivity index is 1.70. The summed E-state index contributed by atoms with van der Waals surface area (Å²) in [5.74, 6) is -1.27. The van der Waals surface area contributed by atoms with Gasteiger partial charge in [-0.3, -0.25) is 29.3 Å². The molecule has 10 heteroatoms. The van der Waals surface area contributed by atoms with E-state index in [9.17, 15) is 19.2 Å². The van der Waals surface area contributed by atoms with Crippen molar-refractivity contribution in [2.24, 2.45) is 0 Å². The third kappa shape index (κ3) is 3.90. The van der Waals surface area contributed by atoms with Crippen molar-refractivity contribution in [2.45, 2.75) is 38.8 Å². The van der Waals surface area contributed by atoms with Gasteiger partial charge in [-0.1, -0.05) is 6.92 Å². The lowest BCUT2D eigenvalue weighted by molar-refractivity contribution is -0.139. The maximum absolute atomic E-state index is 12.5. The number of aromatic amines is 2. The van der Waals surface area contributed by atoms with Crippen LogP contribution >= 0.6 is 0 Å². The van der Waals surface area contributed by atoms with Crippen LogP contribution in [0, 0.1) is 6.92 Å². The van der Waals surface area contributed by atoms with Crippen molar-refractivity contribution in [2.75, 3.05) is 13.1 Å². The van der Waals surface area contributed by atoms with Crippen LogP contribution in [0.1, 0.15) is 35.8 Å². The third-order valence-corrected chi connectivity index (χ3v) is 4.84. The fourth-order valence-corrected chi connectivity index (χ4v) is 3.41. The number of carboxylic acid groups (broad SMARTS) is 1. The van der Waals surface area contributed by atoms with Gasteiger partial charge in [-0.25, -0.2) is 9.78 Å². The van der Waals surface area contributed by atoms with Gasteiger partial charge in [0.15, 0.2) is 0 Å². The highest BCUT2D eigenvalue weighted by molar-refractivity contribution is 5.95. The molecule has 1 saturated carbocycles. The van der Waals surface area contributed by atoms with E-state index < -0.39 is 23.1 Å². The van der Waals surface area contributed by atoms with E-state index >= 15 is 0 Å². The van der Waals surface area contributed by atoms with Gasteiger partial charge in [0.25, 0.3) is 11.5 Å². The number of carbonyl (C=O) groups is 2.